The van der Waals surface area contributed by atoms with E-state index in [2.05, 4.69) is 21.2 Å². The van der Waals surface area contributed by atoms with Crippen molar-refractivity contribution in [2.75, 3.05) is 13.1 Å². The van der Waals surface area contributed by atoms with Gasteiger partial charge in [-0.1, -0.05) is 11.6 Å². The van der Waals surface area contributed by atoms with Gasteiger partial charge in [-0.15, -0.1) is 0 Å². The average molecular weight is 293 g/mol. The van der Waals surface area contributed by atoms with Crippen molar-refractivity contribution >= 4 is 27.5 Å². The molecule has 1 fully saturated rings. The molecular formula is C10H11BrClNO2. The Morgan fingerprint density at radius 2 is 2.27 bits per heavy atom. The van der Waals surface area contributed by atoms with Gasteiger partial charge >= 0.3 is 0 Å². The normalized spacial score (nSPS) is 25.5. The van der Waals surface area contributed by atoms with Gasteiger partial charge in [-0.25, -0.2) is 0 Å². The van der Waals surface area contributed by atoms with Crippen LogP contribution in [0.3, 0.4) is 0 Å². The maximum atomic E-state index is 9.57. The highest BCUT2D eigenvalue weighted by molar-refractivity contribution is 9.10. The van der Waals surface area contributed by atoms with Crippen LogP contribution in [0.15, 0.2) is 22.7 Å². The lowest BCUT2D eigenvalue weighted by molar-refractivity contribution is 0.0732. The minimum atomic E-state index is -0.451. The number of hydrogen-bond acceptors (Lipinski definition) is 3. The Labute approximate surface area is 102 Å². The Morgan fingerprint density at radius 3 is 2.87 bits per heavy atom. The van der Waals surface area contributed by atoms with Gasteiger partial charge in [0.25, 0.3) is 0 Å². The van der Waals surface area contributed by atoms with Crippen LogP contribution in [0, 0.1) is 0 Å². The molecule has 1 aromatic rings. The standard InChI is InChI=1S/C10H11BrClNO2/c11-7-3-6(12)1-2-9(7)15-10-5-13-4-8(10)14/h1-3,8,10,13-14H,4-5H2. The fraction of sp³-hybridized carbons (Fsp3) is 0.400. The van der Waals surface area contributed by atoms with Crippen molar-refractivity contribution in [1.29, 1.82) is 0 Å². The molecule has 5 heteroatoms. The van der Waals surface area contributed by atoms with Crippen LogP contribution in [-0.2, 0) is 0 Å². The fourth-order valence-electron chi connectivity index (χ4n) is 1.50. The van der Waals surface area contributed by atoms with Gasteiger partial charge in [0.1, 0.15) is 18.0 Å². The lowest BCUT2D eigenvalue weighted by Crippen LogP contribution is -2.29. The second kappa shape index (κ2) is 4.70. The predicted molar refractivity (Wildman–Crippen MR) is 62.4 cm³/mol. The number of aliphatic hydroxyl groups excluding tert-OH is 1. The Kier molecular flexibility index (Phi) is 3.51. The van der Waals surface area contributed by atoms with E-state index in [0.29, 0.717) is 23.9 Å². The first kappa shape index (κ1) is 11.2. The molecule has 0 aliphatic carbocycles. The molecule has 0 spiro atoms. The molecule has 0 saturated carbocycles. The number of rotatable bonds is 2. The molecule has 0 bridgehead atoms. The van der Waals surface area contributed by atoms with Gasteiger partial charge in [-0.05, 0) is 34.1 Å². The number of aliphatic hydroxyl groups is 1. The van der Waals surface area contributed by atoms with Gasteiger partial charge in [0, 0.05) is 18.1 Å². The van der Waals surface area contributed by atoms with Crippen LogP contribution in [0.1, 0.15) is 0 Å². The Bertz CT molecular complexity index is 361. The van der Waals surface area contributed by atoms with E-state index in [-0.39, 0.29) is 6.10 Å². The van der Waals surface area contributed by atoms with Gasteiger partial charge in [0.05, 0.1) is 4.47 Å². The summed E-state index contributed by atoms with van der Waals surface area (Å²) in [5, 5.41) is 13.3. The molecular weight excluding hydrogens is 281 g/mol. The summed E-state index contributed by atoms with van der Waals surface area (Å²) in [5.41, 5.74) is 0. The van der Waals surface area contributed by atoms with Crippen LogP contribution in [0.4, 0.5) is 0 Å². The number of β-amino-alcohol motifs (C(OH)–C–C–N with tert-alkyl or cyclic N) is 1. The first-order chi connectivity index (χ1) is 7.16. The molecule has 1 saturated heterocycles. The van der Waals surface area contributed by atoms with E-state index in [1.807, 2.05) is 0 Å². The summed E-state index contributed by atoms with van der Waals surface area (Å²) >= 11 is 9.18. The van der Waals surface area contributed by atoms with Crippen molar-refractivity contribution in [3.63, 3.8) is 0 Å². The van der Waals surface area contributed by atoms with Crippen molar-refractivity contribution in [2.24, 2.45) is 0 Å². The summed E-state index contributed by atoms with van der Waals surface area (Å²) in [6.45, 7) is 1.24. The fourth-order valence-corrected chi connectivity index (χ4v) is 2.27. The van der Waals surface area contributed by atoms with Crippen molar-refractivity contribution in [2.45, 2.75) is 12.2 Å². The topological polar surface area (TPSA) is 41.5 Å². The first-order valence-electron chi connectivity index (χ1n) is 4.67. The quantitative estimate of drug-likeness (QED) is 0.873. The van der Waals surface area contributed by atoms with E-state index >= 15 is 0 Å². The lowest BCUT2D eigenvalue weighted by Gasteiger charge is -2.17. The lowest BCUT2D eigenvalue weighted by atomic mass is 10.2. The van der Waals surface area contributed by atoms with Gasteiger partial charge < -0.3 is 15.2 Å². The third-order valence-electron chi connectivity index (χ3n) is 2.30. The molecule has 2 N–H and O–H groups in total. The monoisotopic (exact) mass is 291 g/mol. The summed E-state index contributed by atoms with van der Waals surface area (Å²) < 4.78 is 6.46. The molecule has 3 nitrogen and oxygen atoms in total. The van der Waals surface area contributed by atoms with Crippen LogP contribution in [0.5, 0.6) is 5.75 Å². The highest BCUT2D eigenvalue weighted by Gasteiger charge is 2.27. The van der Waals surface area contributed by atoms with E-state index in [4.69, 9.17) is 16.3 Å². The molecule has 82 valence electrons. The van der Waals surface area contributed by atoms with Crippen LogP contribution >= 0.6 is 27.5 Å². The molecule has 2 atom stereocenters. The summed E-state index contributed by atoms with van der Waals surface area (Å²) in [6, 6.07) is 5.32. The van der Waals surface area contributed by atoms with Crippen LogP contribution in [0.25, 0.3) is 0 Å². The van der Waals surface area contributed by atoms with Gasteiger partial charge in [-0.3, -0.25) is 0 Å². The Morgan fingerprint density at radius 1 is 1.47 bits per heavy atom. The minimum Gasteiger partial charge on any atom is -0.485 e. The van der Waals surface area contributed by atoms with Gasteiger partial charge in [0.2, 0.25) is 0 Å². The minimum absolute atomic E-state index is 0.192. The van der Waals surface area contributed by atoms with Gasteiger partial charge in [-0.2, -0.15) is 0 Å². The maximum Gasteiger partial charge on any atom is 0.138 e. The molecule has 2 rings (SSSR count). The van der Waals surface area contributed by atoms with E-state index in [0.717, 1.165) is 4.47 Å². The van der Waals surface area contributed by atoms with Crippen molar-refractivity contribution < 1.29 is 9.84 Å². The smallest absolute Gasteiger partial charge is 0.138 e. The molecule has 0 aromatic heterocycles. The molecule has 0 radical (unpaired) electrons. The van der Waals surface area contributed by atoms with Crippen molar-refractivity contribution in [1.82, 2.24) is 5.32 Å². The number of benzene rings is 1. The van der Waals surface area contributed by atoms with Crippen LogP contribution in [-0.4, -0.2) is 30.4 Å². The second-order valence-electron chi connectivity index (χ2n) is 3.46. The second-order valence-corrected chi connectivity index (χ2v) is 4.75. The summed E-state index contributed by atoms with van der Waals surface area (Å²) in [4.78, 5) is 0. The number of halogens is 2. The summed E-state index contributed by atoms with van der Waals surface area (Å²) in [5.74, 6) is 0.701. The Hall–Kier alpha value is -0.290. The van der Waals surface area contributed by atoms with Crippen LogP contribution in [0.2, 0.25) is 5.02 Å². The van der Waals surface area contributed by atoms with Crippen LogP contribution < -0.4 is 10.1 Å². The van der Waals surface area contributed by atoms with Crippen molar-refractivity contribution in [3.05, 3.63) is 27.7 Å². The molecule has 2 unspecified atom stereocenters. The van der Waals surface area contributed by atoms with E-state index < -0.39 is 6.10 Å². The zero-order valence-electron chi connectivity index (χ0n) is 7.91. The zero-order chi connectivity index (χ0) is 10.8. The molecule has 15 heavy (non-hydrogen) atoms. The first-order valence-corrected chi connectivity index (χ1v) is 5.84. The predicted octanol–water partition coefficient (Wildman–Crippen LogP) is 1.81. The number of ether oxygens (including phenoxy) is 1. The molecule has 1 heterocycles. The highest BCUT2D eigenvalue weighted by atomic mass is 79.9. The number of hydrogen-bond donors (Lipinski definition) is 2. The van der Waals surface area contributed by atoms with Crippen molar-refractivity contribution in [3.8, 4) is 5.75 Å². The van der Waals surface area contributed by atoms with Gasteiger partial charge in [0.15, 0.2) is 0 Å². The molecule has 1 aliphatic rings. The highest BCUT2D eigenvalue weighted by Crippen LogP contribution is 2.29. The molecule has 0 amide bonds. The zero-order valence-corrected chi connectivity index (χ0v) is 10.3. The Balaban J connectivity index is 2.10. The SMILES string of the molecule is OC1CNCC1Oc1ccc(Cl)cc1Br. The molecule has 1 aromatic carbocycles. The maximum absolute atomic E-state index is 9.57. The van der Waals surface area contributed by atoms with E-state index in [1.165, 1.54) is 0 Å². The average Bonchev–Trinajstić information content (AvgIpc) is 2.57. The third kappa shape index (κ3) is 2.64. The van der Waals surface area contributed by atoms with E-state index in [9.17, 15) is 5.11 Å². The number of nitrogens with one attached hydrogen (secondary N) is 1. The molecule has 1 aliphatic heterocycles. The van der Waals surface area contributed by atoms with E-state index in [1.54, 1.807) is 18.2 Å². The largest absolute Gasteiger partial charge is 0.485 e. The third-order valence-corrected chi connectivity index (χ3v) is 3.16. The summed E-state index contributed by atoms with van der Waals surface area (Å²) in [6.07, 6.45) is -0.643. The summed E-state index contributed by atoms with van der Waals surface area (Å²) in [7, 11) is 0.